The van der Waals surface area contributed by atoms with Crippen molar-refractivity contribution in [3.63, 3.8) is 0 Å². The van der Waals surface area contributed by atoms with Crippen LogP contribution < -0.4 is 10.6 Å². The number of oxazole rings is 1. The van der Waals surface area contributed by atoms with Crippen LogP contribution >= 0.6 is 0 Å². The lowest BCUT2D eigenvalue weighted by Crippen LogP contribution is -2.33. The zero-order valence-electron chi connectivity index (χ0n) is 11.8. The van der Waals surface area contributed by atoms with Gasteiger partial charge in [-0.15, -0.1) is 0 Å². The van der Waals surface area contributed by atoms with Crippen molar-refractivity contribution in [3.8, 4) is 0 Å². The summed E-state index contributed by atoms with van der Waals surface area (Å²) in [6.45, 7) is 5.01. The molecule has 0 bridgehead atoms. The van der Waals surface area contributed by atoms with Crippen LogP contribution in [0, 0.1) is 13.8 Å². The zero-order chi connectivity index (χ0) is 14.4. The Labute approximate surface area is 118 Å². The number of carbonyl (C=O) groups excluding carboxylic acids is 1. The standard InChI is InChI=1S/C15H19N3O2/c1-11-12(2)20-15(18-11)10-16-9-14(19)17-8-13-6-4-3-5-7-13/h3-7,16H,8-10H2,1-2H3,(H,17,19). The molecule has 106 valence electrons. The number of aryl methyl sites for hydroxylation is 2. The molecule has 0 radical (unpaired) electrons. The Morgan fingerprint density at radius 1 is 1.20 bits per heavy atom. The summed E-state index contributed by atoms with van der Waals surface area (Å²) in [5, 5.41) is 5.86. The highest BCUT2D eigenvalue weighted by Crippen LogP contribution is 2.07. The zero-order valence-corrected chi connectivity index (χ0v) is 11.8. The van der Waals surface area contributed by atoms with Crippen molar-refractivity contribution in [2.45, 2.75) is 26.9 Å². The summed E-state index contributed by atoms with van der Waals surface area (Å²) in [5.74, 6) is 1.38. The smallest absolute Gasteiger partial charge is 0.234 e. The quantitative estimate of drug-likeness (QED) is 0.840. The lowest BCUT2D eigenvalue weighted by Gasteiger charge is -2.05. The number of rotatable bonds is 6. The summed E-state index contributed by atoms with van der Waals surface area (Å²) in [6.07, 6.45) is 0. The predicted octanol–water partition coefficient (Wildman–Crippen LogP) is 1.70. The molecule has 0 aliphatic rings. The molecule has 1 aromatic carbocycles. The van der Waals surface area contributed by atoms with Crippen molar-refractivity contribution >= 4 is 5.91 Å². The van der Waals surface area contributed by atoms with Gasteiger partial charge in [0.05, 0.1) is 18.8 Å². The second kappa shape index (κ2) is 6.86. The Bertz CT molecular complexity index is 544. The van der Waals surface area contributed by atoms with Crippen molar-refractivity contribution in [3.05, 3.63) is 53.2 Å². The van der Waals surface area contributed by atoms with Gasteiger partial charge in [-0.25, -0.2) is 4.98 Å². The molecule has 0 unspecified atom stereocenters. The summed E-state index contributed by atoms with van der Waals surface area (Å²) in [4.78, 5) is 15.9. The number of nitrogens with zero attached hydrogens (tertiary/aromatic N) is 1. The van der Waals surface area contributed by atoms with E-state index in [1.165, 1.54) is 0 Å². The maximum absolute atomic E-state index is 11.7. The Kier molecular flexibility index (Phi) is 4.90. The average molecular weight is 273 g/mol. The molecule has 0 atom stereocenters. The highest BCUT2D eigenvalue weighted by Gasteiger charge is 2.06. The Balaban J connectivity index is 1.68. The molecule has 1 amide bonds. The lowest BCUT2D eigenvalue weighted by atomic mass is 10.2. The molecule has 5 heteroatoms. The first-order chi connectivity index (χ1) is 9.65. The van der Waals surface area contributed by atoms with Crippen molar-refractivity contribution in [2.24, 2.45) is 0 Å². The first-order valence-corrected chi connectivity index (χ1v) is 6.59. The number of aromatic nitrogens is 1. The van der Waals surface area contributed by atoms with Gasteiger partial charge < -0.3 is 9.73 Å². The highest BCUT2D eigenvalue weighted by molar-refractivity contribution is 5.77. The Morgan fingerprint density at radius 3 is 2.60 bits per heavy atom. The minimum Gasteiger partial charge on any atom is -0.444 e. The number of nitrogens with one attached hydrogen (secondary N) is 2. The molecule has 5 nitrogen and oxygen atoms in total. The second-order valence-electron chi connectivity index (χ2n) is 4.62. The number of hydrogen-bond acceptors (Lipinski definition) is 4. The van der Waals surface area contributed by atoms with Crippen LogP contribution in [0.1, 0.15) is 22.9 Å². The van der Waals surface area contributed by atoms with Gasteiger partial charge in [0.15, 0.2) is 0 Å². The van der Waals surface area contributed by atoms with Crippen molar-refractivity contribution < 1.29 is 9.21 Å². The van der Waals surface area contributed by atoms with Crippen LogP contribution in [0.15, 0.2) is 34.7 Å². The van der Waals surface area contributed by atoms with Crippen molar-refractivity contribution in [1.29, 1.82) is 0 Å². The fraction of sp³-hybridized carbons (Fsp3) is 0.333. The Morgan fingerprint density at radius 2 is 1.95 bits per heavy atom. The Hall–Kier alpha value is -2.14. The van der Waals surface area contributed by atoms with Gasteiger partial charge in [-0.1, -0.05) is 30.3 Å². The summed E-state index contributed by atoms with van der Waals surface area (Å²) in [5.41, 5.74) is 1.97. The molecule has 1 aromatic heterocycles. The van der Waals surface area contributed by atoms with Crippen LogP contribution in [0.5, 0.6) is 0 Å². The topological polar surface area (TPSA) is 67.2 Å². The van der Waals surface area contributed by atoms with E-state index in [4.69, 9.17) is 4.42 Å². The van der Waals surface area contributed by atoms with E-state index in [0.717, 1.165) is 17.0 Å². The molecule has 2 N–H and O–H groups in total. The van der Waals surface area contributed by atoms with E-state index >= 15 is 0 Å². The van der Waals surface area contributed by atoms with Crippen LogP contribution in [-0.4, -0.2) is 17.4 Å². The van der Waals surface area contributed by atoms with Gasteiger partial charge in [-0.2, -0.15) is 0 Å². The normalized spacial score (nSPS) is 10.5. The molecule has 0 fully saturated rings. The number of carbonyl (C=O) groups is 1. The van der Waals surface area contributed by atoms with Gasteiger partial charge in [0.1, 0.15) is 5.76 Å². The van der Waals surface area contributed by atoms with Crippen LogP contribution in [-0.2, 0) is 17.9 Å². The molecule has 2 aromatic rings. The molecule has 0 spiro atoms. The van der Waals surface area contributed by atoms with E-state index in [2.05, 4.69) is 15.6 Å². The molecule has 0 aliphatic carbocycles. The van der Waals surface area contributed by atoms with E-state index in [1.807, 2.05) is 44.2 Å². The summed E-state index contributed by atoms with van der Waals surface area (Å²) < 4.78 is 5.42. The fourth-order valence-electron chi connectivity index (χ4n) is 1.76. The van der Waals surface area contributed by atoms with Crippen LogP contribution in [0.25, 0.3) is 0 Å². The highest BCUT2D eigenvalue weighted by atomic mass is 16.4. The third-order valence-corrected chi connectivity index (χ3v) is 2.97. The van der Waals surface area contributed by atoms with Crippen molar-refractivity contribution in [1.82, 2.24) is 15.6 Å². The third kappa shape index (κ3) is 4.20. The summed E-state index contributed by atoms with van der Waals surface area (Å²) >= 11 is 0. The largest absolute Gasteiger partial charge is 0.444 e. The molecule has 0 saturated heterocycles. The van der Waals surface area contributed by atoms with E-state index in [-0.39, 0.29) is 12.5 Å². The first-order valence-electron chi connectivity index (χ1n) is 6.59. The van der Waals surface area contributed by atoms with Crippen LogP contribution in [0.2, 0.25) is 0 Å². The monoisotopic (exact) mass is 273 g/mol. The number of amides is 1. The molecule has 2 rings (SSSR count). The molecule has 0 saturated carbocycles. The maximum atomic E-state index is 11.7. The van der Waals surface area contributed by atoms with Crippen LogP contribution in [0.3, 0.4) is 0 Å². The molecule has 0 aliphatic heterocycles. The van der Waals surface area contributed by atoms with Crippen molar-refractivity contribution in [2.75, 3.05) is 6.54 Å². The molecular weight excluding hydrogens is 254 g/mol. The fourth-order valence-corrected chi connectivity index (χ4v) is 1.76. The number of hydrogen-bond donors (Lipinski definition) is 2. The molecule has 1 heterocycles. The minimum atomic E-state index is -0.0474. The van der Waals surface area contributed by atoms with Gasteiger partial charge in [0.2, 0.25) is 11.8 Å². The third-order valence-electron chi connectivity index (χ3n) is 2.97. The maximum Gasteiger partial charge on any atom is 0.234 e. The van der Waals surface area contributed by atoms with E-state index in [0.29, 0.717) is 19.0 Å². The molecular formula is C15H19N3O2. The molecule has 20 heavy (non-hydrogen) atoms. The summed E-state index contributed by atoms with van der Waals surface area (Å²) in [7, 11) is 0. The van der Waals surface area contributed by atoms with E-state index < -0.39 is 0 Å². The minimum absolute atomic E-state index is 0.0474. The lowest BCUT2D eigenvalue weighted by molar-refractivity contribution is -0.120. The van der Waals surface area contributed by atoms with Gasteiger partial charge in [0.25, 0.3) is 0 Å². The van der Waals surface area contributed by atoms with E-state index in [1.54, 1.807) is 0 Å². The number of benzene rings is 1. The van der Waals surface area contributed by atoms with Gasteiger partial charge in [-0.05, 0) is 19.4 Å². The second-order valence-corrected chi connectivity index (χ2v) is 4.62. The van der Waals surface area contributed by atoms with Gasteiger partial charge in [0, 0.05) is 6.54 Å². The van der Waals surface area contributed by atoms with Gasteiger partial charge >= 0.3 is 0 Å². The average Bonchev–Trinajstić information content (AvgIpc) is 2.76. The van der Waals surface area contributed by atoms with Gasteiger partial charge in [-0.3, -0.25) is 10.1 Å². The predicted molar refractivity (Wildman–Crippen MR) is 76.0 cm³/mol. The first kappa shape index (κ1) is 14.3. The summed E-state index contributed by atoms with van der Waals surface area (Å²) in [6, 6.07) is 9.81. The van der Waals surface area contributed by atoms with Crippen LogP contribution in [0.4, 0.5) is 0 Å². The SMILES string of the molecule is Cc1nc(CNCC(=O)NCc2ccccc2)oc1C. The van der Waals surface area contributed by atoms with E-state index in [9.17, 15) is 4.79 Å².